The number of esters is 1. The molecule has 0 N–H and O–H groups in total. The van der Waals surface area contributed by atoms with Gasteiger partial charge in [-0.25, -0.2) is 4.79 Å². The zero-order valence-electron chi connectivity index (χ0n) is 10.4. The molecule has 1 aromatic rings. The maximum Gasteiger partial charge on any atom is 0.346 e. The summed E-state index contributed by atoms with van der Waals surface area (Å²) in [5.41, 5.74) is 0. The SMILES string of the molecule is COC(=O)C(C)Oc1cc(OC)cc(OC)c1. The largest absolute Gasteiger partial charge is 0.496 e. The molecule has 0 heterocycles. The summed E-state index contributed by atoms with van der Waals surface area (Å²) in [7, 11) is 4.40. The Morgan fingerprint density at radius 1 is 1.00 bits per heavy atom. The molecule has 0 aliphatic rings. The van der Waals surface area contributed by atoms with Gasteiger partial charge in [0.1, 0.15) is 17.2 Å². The second-order valence-electron chi connectivity index (χ2n) is 3.33. The summed E-state index contributed by atoms with van der Waals surface area (Å²) in [5.74, 6) is 1.23. The van der Waals surface area contributed by atoms with E-state index in [-0.39, 0.29) is 0 Å². The van der Waals surface area contributed by atoms with Crippen LogP contribution in [0, 0.1) is 0 Å². The molecular formula is C12H16O5. The highest BCUT2D eigenvalue weighted by Crippen LogP contribution is 2.28. The van der Waals surface area contributed by atoms with Gasteiger partial charge in [0, 0.05) is 18.2 Å². The minimum atomic E-state index is -0.684. The molecule has 0 radical (unpaired) electrons. The van der Waals surface area contributed by atoms with Crippen LogP contribution >= 0.6 is 0 Å². The maximum atomic E-state index is 11.2. The van der Waals surface area contributed by atoms with Crippen molar-refractivity contribution in [2.45, 2.75) is 13.0 Å². The number of hydrogen-bond acceptors (Lipinski definition) is 5. The first kappa shape index (κ1) is 13.2. The zero-order valence-corrected chi connectivity index (χ0v) is 10.4. The molecule has 1 unspecified atom stereocenters. The van der Waals surface area contributed by atoms with Gasteiger partial charge < -0.3 is 18.9 Å². The molecule has 0 aliphatic carbocycles. The van der Waals surface area contributed by atoms with Crippen LogP contribution in [0.2, 0.25) is 0 Å². The van der Waals surface area contributed by atoms with E-state index in [9.17, 15) is 4.79 Å². The molecule has 5 nitrogen and oxygen atoms in total. The highest BCUT2D eigenvalue weighted by Gasteiger charge is 2.15. The maximum absolute atomic E-state index is 11.2. The summed E-state index contributed by atoms with van der Waals surface area (Å²) in [6, 6.07) is 5.06. The molecule has 1 rings (SSSR count). The van der Waals surface area contributed by atoms with Crippen molar-refractivity contribution in [1.82, 2.24) is 0 Å². The quantitative estimate of drug-likeness (QED) is 0.732. The van der Waals surface area contributed by atoms with Crippen LogP contribution < -0.4 is 14.2 Å². The third-order valence-electron chi connectivity index (χ3n) is 2.17. The fourth-order valence-corrected chi connectivity index (χ4v) is 1.27. The van der Waals surface area contributed by atoms with Crippen LogP contribution in [0.25, 0.3) is 0 Å². The van der Waals surface area contributed by atoms with Gasteiger partial charge in [-0.15, -0.1) is 0 Å². The smallest absolute Gasteiger partial charge is 0.346 e. The second kappa shape index (κ2) is 5.98. The standard InChI is InChI=1S/C12H16O5/c1-8(12(13)16-4)17-11-6-9(14-2)5-10(7-11)15-3/h5-8H,1-4H3. The number of carbonyl (C=O) groups excluding carboxylic acids is 1. The molecule has 94 valence electrons. The van der Waals surface area contributed by atoms with Crippen molar-refractivity contribution in [1.29, 1.82) is 0 Å². The zero-order chi connectivity index (χ0) is 12.8. The van der Waals surface area contributed by atoms with Crippen LogP contribution in [0.15, 0.2) is 18.2 Å². The van der Waals surface area contributed by atoms with E-state index in [1.165, 1.54) is 7.11 Å². The Bertz CT molecular complexity index is 366. The monoisotopic (exact) mass is 240 g/mol. The molecule has 0 aromatic heterocycles. The van der Waals surface area contributed by atoms with Gasteiger partial charge in [0.25, 0.3) is 0 Å². The molecular weight excluding hydrogens is 224 g/mol. The third-order valence-corrected chi connectivity index (χ3v) is 2.17. The fourth-order valence-electron chi connectivity index (χ4n) is 1.27. The van der Waals surface area contributed by atoms with Crippen molar-refractivity contribution in [3.63, 3.8) is 0 Å². The van der Waals surface area contributed by atoms with Crippen LogP contribution in [0.1, 0.15) is 6.92 Å². The lowest BCUT2D eigenvalue weighted by atomic mass is 10.3. The average molecular weight is 240 g/mol. The lowest BCUT2D eigenvalue weighted by molar-refractivity contribution is -0.147. The molecule has 0 saturated carbocycles. The topological polar surface area (TPSA) is 54.0 Å². The third kappa shape index (κ3) is 3.55. The summed E-state index contributed by atoms with van der Waals surface area (Å²) in [6.07, 6.45) is -0.684. The summed E-state index contributed by atoms with van der Waals surface area (Å²) in [6.45, 7) is 1.61. The van der Waals surface area contributed by atoms with Gasteiger partial charge >= 0.3 is 5.97 Å². The lowest BCUT2D eigenvalue weighted by Crippen LogP contribution is -2.24. The van der Waals surface area contributed by atoms with Gasteiger partial charge in [-0.1, -0.05) is 0 Å². The van der Waals surface area contributed by atoms with Crippen LogP contribution in [0.4, 0.5) is 0 Å². The van der Waals surface area contributed by atoms with Gasteiger partial charge in [-0.2, -0.15) is 0 Å². The van der Waals surface area contributed by atoms with Crippen molar-refractivity contribution in [2.75, 3.05) is 21.3 Å². The Morgan fingerprint density at radius 3 is 1.88 bits per heavy atom. The van der Waals surface area contributed by atoms with E-state index in [2.05, 4.69) is 4.74 Å². The molecule has 0 bridgehead atoms. The van der Waals surface area contributed by atoms with Gasteiger partial charge in [-0.05, 0) is 6.92 Å². The molecule has 0 aliphatic heterocycles. The number of benzene rings is 1. The van der Waals surface area contributed by atoms with E-state index >= 15 is 0 Å². The molecule has 0 amide bonds. The highest BCUT2D eigenvalue weighted by atomic mass is 16.6. The number of ether oxygens (including phenoxy) is 4. The molecule has 1 atom stereocenters. The second-order valence-corrected chi connectivity index (χ2v) is 3.33. The van der Waals surface area contributed by atoms with Crippen LogP contribution in [0.5, 0.6) is 17.2 Å². The summed E-state index contributed by atoms with van der Waals surface area (Å²) < 4.78 is 20.2. The molecule has 17 heavy (non-hydrogen) atoms. The molecule has 0 spiro atoms. The van der Waals surface area contributed by atoms with Crippen molar-refractivity contribution in [2.24, 2.45) is 0 Å². The molecule has 0 fully saturated rings. The van der Waals surface area contributed by atoms with Crippen LogP contribution in [-0.2, 0) is 9.53 Å². The number of rotatable bonds is 5. The summed E-state index contributed by atoms with van der Waals surface area (Å²) in [5, 5.41) is 0. The predicted molar refractivity (Wildman–Crippen MR) is 61.7 cm³/mol. The molecule has 1 aromatic carbocycles. The van der Waals surface area contributed by atoms with Gasteiger partial charge in [0.05, 0.1) is 21.3 Å². The van der Waals surface area contributed by atoms with Crippen molar-refractivity contribution >= 4 is 5.97 Å². The summed E-state index contributed by atoms with van der Waals surface area (Å²) >= 11 is 0. The van der Waals surface area contributed by atoms with E-state index in [1.807, 2.05) is 0 Å². The van der Waals surface area contributed by atoms with Gasteiger partial charge in [0.2, 0.25) is 0 Å². The van der Waals surface area contributed by atoms with E-state index in [4.69, 9.17) is 14.2 Å². The highest BCUT2D eigenvalue weighted by molar-refractivity contribution is 5.74. The minimum Gasteiger partial charge on any atom is -0.496 e. The van der Waals surface area contributed by atoms with Crippen LogP contribution in [-0.4, -0.2) is 33.4 Å². The Morgan fingerprint density at radius 2 is 1.47 bits per heavy atom. The predicted octanol–water partition coefficient (Wildman–Crippen LogP) is 1.64. The van der Waals surface area contributed by atoms with E-state index < -0.39 is 12.1 Å². The number of carbonyl (C=O) groups is 1. The number of hydrogen-bond donors (Lipinski definition) is 0. The van der Waals surface area contributed by atoms with Gasteiger partial charge in [-0.3, -0.25) is 0 Å². The summed E-state index contributed by atoms with van der Waals surface area (Å²) in [4.78, 5) is 11.2. The first-order valence-corrected chi connectivity index (χ1v) is 5.08. The normalized spacial score (nSPS) is 11.5. The average Bonchev–Trinajstić information content (AvgIpc) is 2.36. The van der Waals surface area contributed by atoms with Crippen molar-refractivity contribution < 1.29 is 23.7 Å². The first-order chi connectivity index (χ1) is 8.10. The molecule has 5 heteroatoms. The Balaban J connectivity index is 2.86. The minimum absolute atomic E-state index is 0.438. The van der Waals surface area contributed by atoms with E-state index in [0.717, 1.165) is 0 Å². The number of methoxy groups -OCH3 is 3. The molecule has 0 saturated heterocycles. The Kier molecular flexibility index (Phi) is 4.63. The van der Waals surface area contributed by atoms with Crippen LogP contribution in [0.3, 0.4) is 0 Å². The lowest BCUT2D eigenvalue weighted by Gasteiger charge is -2.14. The van der Waals surface area contributed by atoms with Gasteiger partial charge in [0.15, 0.2) is 6.10 Å². The Hall–Kier alpha value is -1.91. The Labute approximate surface area is 100 Å². The fraction of sp³-hybridized carbons (Fsp3) is 0.417. The van der Waals surface area contributed by atoms with Crippen molar-refractivity contribution in [3.05, 3.63) is 18.2 Å². The van der Waals surface area contributed by atoms with Crippen molar-refractivity contribution in [3.8, 4) is 17.2 Å². The van der Waals surface area contributed by atoms with E-state index in [1.54, 1.807) is 39.3 Å². The first-order valence-electron chi connectivity index (χ1n) is 5.08. The van der Waals surface area contributed by atoms with E-state index in [0.29, 0.717) is 17.2 Å².